The van der Waals surface area contributed by atoms with Gasteiger partial charge in [0.2, 0.25) is 0 Å². The number of alkyl halides is 1. The Balaban J connectivity index is 2.86. The Morgan fingerprint density at radius 1 is 1.33 bits per heavy atom. The van der Waals surface area contributed by atoms with Gasteiger partial charge in [0, 0.05) is 4.83 Å². The van der Waals surface area contributed by atoms with Crippen LogP contribution in [-0.2, 0) is 0 Å². The summed E-state index contributed by atoms with van der Waals surface area (Å²) in [5.74, 6) is 0. The molecule has 1 aromatic rings. The molecule has 0 heterocycles. The van der Waals surface area contributed by atoms with Gasteiger partial charge < -0.3 is 0 Å². The van der Waals surface area contributed by atoms with E-state index < -0.39 is 0 Å². The molecule has 0 amide bonds. The molecular weight excluding hydrogens is 212 g/mol. The molecule has 0 saturated carbocycles. The van der Waals surface area contributed by atoms with Gasteiger partial charge in [0.1, 0.15) is 0 Å². The fraction of sp³-hybridized carbons (Fsp3) is 0.455. The van der Waals surface area contributed by atoms with E-state index >= 15 is 0 Å². The van der Waals surface area contributed by atoms with E-state index in [9.17, 15) is 0 Å². The van der Waals surface area contributed by atoms with Crippen molar-refractivity contribution in [3.05, 3.63) is 35.9 Å². The predicted octanol–water partition coefficient (Wildman–Crippen LogP) is 3.97. The highest BCUT2D eigenvalue weighted by Crippen LogP contribution is 2.39. The first-order valence-electron chi connectivity index (χ1n) is 4.12. The monoisotopic (exact) mass is 225 g/mol. The summed E-state index contributed by atoms with van der Waals surface area (Å²) in [6, 6.07) is 11.3. The van der Waals surface area contributed by atoms with Crippen LogP contribution in [0.2, 0.25) is 0 Å². The van der Waals surface area contributed by atoms with Crippen molar-refractivity contribution < 1.29 is 0 Å². The van der Waals surface area contributed by atoms with Crippen LogP contribution in [0.4, 0.5) is 0 Å². The molecule has 0 saturated heterocycles. The van der Waals surface area contributed by atoms with Crippen LogP contribution in [0.3, 0.4) is 0 Å². The van der Waals surface area contributed by atoms with Crippen LogP contribution in [0.15, 0.2) is 24.3 Å². The zero-order valence-corrected chi connectivity index (χ0v) is 9.35. The minimum atomic E-state index is 0.248. The van der Waals surface area contributed by atoms with Crippen molar-refractivity contribution in [2.75, 3.05) is 0 Å². The maximum atomic E-state index is 3.68. The van der Waals surface area contributed by atoms with Crippen molar-refractivity contribution in [1.82, 2.24) is 0 Å². The van der Waals surface area contributed by atoms with Gasteiger partial charge in [-0.25, -0.2) is 0 Å². The van der Waals surface area contributed by atoms with Gasteiger partial charge in [0.15, 0.2) is 0 Å². The van der Waals surface area contributed by atoms with Gasteiger partial charge in [-0.2, -0.15) is 0 Å². The smallest absolute Gasteiger partial charge is 0.0449 e. The molecule has 1 heteroatoms. The molecule has 0 aliphatic rings. The van der Waals surface area contributed by atoms with Crippen molar-refractivity contribution in [1.29, 1.82) is 0 Å². The number of rotatable bonds is 1. The first kappa shape index (κ1) is 9.79. The Morgan fingerprint density at radius 3 is 2.42 bits per heavy atom. The van der Waals surface area contributed by atoms with Gasteiger partial charge in [0.25, 0.3) is 0 Å². The Bertz CT molecular complexity index is 233. The number of halogens is 1. The molecule has 1 rings (SSSR count). The minimum Gasteiger partial charge on any atom is -0.0833 e. The summed E-state index contributed by atoms with van der Waals surface area (Å²) >= 11 is 3.68. The third kappa shape index (κ3) is 2.34. The molecule has 0 N–H and O–H groups in total. The summed E-state index contributed by atoms with van der Waals surface area (Å²) in [5, 5.41) is 0. The van der Waals surface area contributed by atoms with E-state index in [2.05, 4.69) is 48.8 Å². The van der Waals surface area contributed by atoms with Gasteiger partial charge in [0.05, 0.1) is 0 Å². The number of hydrogen-bond acceptors (Lipinski definition) is 0. The van der Waals surface area contributed by atoms with Gasteiger partial charge in [-0.05, 0) is 17.0 Å². The van der Waals surface area contributed by atoms with Gasteiger partial charge in [-0.3, -0.25) is 0 Å². The van der Waals surface area contributed by atoms with E-state index in [-0.39, 0.29) is 5.41 Å². The van der Waals surface area contributed by atoms with E-state index in [0.29, 0.717) is 4.83 Å². The highest BCUT2D eigenvalue weighted by atomic mass is 79.9. The fourth-order valence-electron chi connectivity index (χ4n) is 1.03. The molecule has 0 bridgehead atoms. The summed E-state index contributed by atoms with van der Waals surface area (Å²) in [7, 11) is 0. The molecule has 1 radical (unpaired) electrons. The molecule has 0 spiro atoms. The maximum absolute atomic E-state index is 3.68. The van der Waals surface area contributed by atoms with Gasteiger partial charge in [-0.15, -0.1) is 0 Å². The van der Waals surface area contributed by atoms with Crippen LogP contribution >= 0.6 is 15.9 Å². The Hall–Kier alpha value is -0.300. The fourth-order valence-corrected chi connectivity index (χ4v) is 1.32. The van der Waals surface area contributed by atoms with Gasteiger partial charge in [-0.1, -0.05) is 61.0 Å². The average molecular weight is 226 g/mol. The third-order valence-electron chi connectivity index (χ3n) is 1.77. The van der Waals surface area contributed by atoms with Crippen molar-refractivity contribution in [2.24, 2.45) is 5.41 Å². The molecule has 0 aliphatic carbocycles. The Kier molecular flexibility index (Phi) is 2.94. The maximum Gasteiger partial charge on any atom is 0.0449 e. The Labute approximate surface area is 83.1 Å². The van der Waals surface area contributed by atoms with Crippen LogP contribution in [0.1, 0.15) is 31.2 Å². The quantitative estimate of drug-likeness (QED) is 0.635. The molecular formula is C11H14Br. The first-order valence-corrected chi connectivity index (χ1v) is 5.04. The van der Waals surface area contributed by atoms with Crippen molar-refractivity contribution >= 4 is 15.9 Å². The molecule has 12 heavy (non-hydrogen) atoms. The van der Waals surface area contributed by atoms with Crippen molar-refractivity contribution in [3.8, 4) is 0 Å². The highest BCUT2D eigenvalue weighted by Gasteiger charge is 2.22. The van der Waals surface area contributed by atoms with E-state index in [1.54, 1.807) is 0 Å². The summed E-state index contributed by atoms with van der Waals surface area (Å²) in [5.41, 5.74) is 1.47. The van der Waals surface area contributed by atoms with E-state index in [1.807, 2.05) is 18.2 Å². The number of benzene rings is 1. The molecule has 1 atom stereocenters. The largest absolute Gasteiger partial charge is 0.0833 e. The molecule has 0 aliphatic heterocycles. The lowest BCUT2D eigenvalue weighted by atomic mass is 9.88. The Morgan fingerprint density at radius 2 is 2.00 bits per heavy atom. The van der Waals surface area contributed by atoms with Crippen molar-refractivity contribution in [3.63, 3.8) is 0 Å². The molecule has 65 valence electrons. The van der Waals surface area contributed by atoms with Crippen LogP contribution in [0, 0.1) is 11.5 Å². The normalized spacial score (nSPS) is 14.3. The van der Waals surface area contributed by atoms with Gasteiger partial charge >= 0.3 is 0 Å². The second-order valence-corrected chi connectivity index (χ2v) is 4.96. The zero-order valence-electron chi connectivity index (χ0n) is 7.76. The SMILES string of the molecule is CC(C)(C)C(Br)c1[c]cccc1. The van der Waals surface area contributed by atoms with E-state index in [0.717, 1.165) is 0 Å². The predicted molar refractivity (Wildman–Crippen MR) is 56.4 cm³/mol. The third-order valence-corrected chi connectivity index (χ3v) is 3.63. The number of hydrogen-bond donors (Lipinski definition) is 0. The molecule has 0 aromatic heterocycles. The lowest BCUT2D eigenvalue weighted by molar-refractivity contribution is 0.407. The standard InChI is InChI=1S/C11H14Br/c1-11(2,3)10(12)9-7-5-4-6-8-9/h4-7,10H,1-3H3. The molecule has 0 nitrogen and oxygen atoms in total. The molecule has 0 fully saturated rings. The van der Waals surface area contributed by atoms with Crippen LogP contribution < -0.4 is 0 Å². The summed E-state index contributed by atoms with van der Waals surface area (Å²) in [4.78, 5) is 0.381. The zero-order chi connectivity index (χ0) is 9.19. The van der Waals surface area contributed by atoms with Crippen LogP contribution in [-0.4, -0.2) is 0 Å². The summed E-state index contributed by atoms with van der Waals surface area (Å²) in [6.07, 6.45) is 0. The topological polar surface area (TPSA) is 0 Å². The second-order valence-electron chi connectivity index (χ2n) is 4.05. The molecule has 1 aromatic carbocycles. The lowest BCUT2D eigenvalue weighted by Crippen LogP contribution is -2.12. The summed E-state index contributed by atoms with van der Waals surface area (Å²) < 4.78 is 0. The summed E-state index contributed by atoms with van der Waals surface area (Å²) in [6.45, 7) is 6.65. The first-order chi connectivity index (χ1) is 5.52. The highest BCUT2D eigenvalue weighted by molar-refractivity contribution is 9.09. The van der Waals surface area contributed by atoms with Crippen LogP contribution in [0.25, 0.3) is 0 Å². The average Bonchev–Trinajstić information content (AvgIpc) is 2.03. The second kappa shape index (κ2) is 3.61. The van der Waals surface area contributed by atoms with Crippen LogP contribution in [0.5, 0.6) is 0 Å². The van der Waals surface area contributed by atoms with Crippen molar-refractivity contribution in [2.45, 2.75) is 25.6 Å². The minimum absolute atomic E-state index is 0.248. The lowest BCUT2D eigenvalue weighted by Gasteiger charge is -2.25. The van der Waals surface area contributed by atoms with E-state index in [4.69, 9.17) is 0 Å². The van der Waals surface area contributed by atoms with E-state index in [1.165, 1.54) is 5.56 Å². The molecule has 1 unspecified atom stereocenters.